The van der Waals surface area contributed by atoms with Gasteiger partial charge in [0.05, 0.1) is 32.0 Å². The maximum Gasteiger partial charge on any atom is 0.338 e. The van der Waals surface area contributed by atoms with E-state index in [2.05, 4.69) is 59.0 Å². The number of allylic oxidation sites excluding steroid dienone is 1. The maximum atomic E-state index is 14.1. The normalized spacial score (nSPS) is 15.2. The number of nitrogens with zero attached hydrogens (tertiary/aromatic N) is 2. The monoisotopic (exact) mass is 784 g/mol. The molecule has 0 aliphatic carbocycles. The fourth-order valence-electron chi connectivity index (χ4n) is 4.58. The Labute approximate surface area is 264 Å². The highest BCUT2D eigenvalue weighted by atomic mass is 127. The average molecular weight is 784 g/mol. The molecule has 2 heterocycles. The number of carbonyl (C=O) groups is 2. The molecule has 0 spiro atoms. The van der Waals surface area contributed by atoms with E-state index in [1.807, 2.05) is 43.3 Å². The first-order valence-corrected chi connectivity index (χ1v) is 16.0. The molecule has 0 saturated carbocycles. The quantitative estimate of drug-likeness (QED) is 0.163. The molecular weight excluding hydrogens is 754 g/mol. The van der Waals surface area contributed by atoms with Crippen molar-refractivity contribution in [2.45, 2.75) is 59.4 Å². The van der Waals surface area contributed by atoms with E-state index >= 15 is 0 Å². The zero-order valence-corrected chi connectivity index (χ0v) is 28.0. The van der Waals surface area contributed by atoms with Gasteiger partial charge in [-0.1, -0.05) is 62.8 Å². The second-order valence-electron chi connectivity index (χ2n) is 9.63. The minimum absolute atomic E-state index is 0.218. The summed E-state index contributed by atoms with van der Waals surface area (Å²) in [5.74, 6) is -0.164. The van der Waals surface area contributed by atoms with Crippen LogP contribution in [0.5, 0.6) is 5.75 Å². The molecule has 10 heteroatoms. The molecule has 210 valence electrons. The molecule has 2 aromatic carbocycles. The largest absolute Gasteiger partial charge is 0.463 e. The fourth-order valence-corrected chi connectivity index (χ4v) is 7.59. The Hall–Kier alpha value is -2.32. The summed E-state index contributed by atoms with van der Waals surface area (Å²) >= 11 is 5.57. The third-order valence-corrected chi connectivity index (χ3v) is 8.79. The van der Waals surface area contributed by atoms with Crippen molar-refractivity contribution >= 4 is 74.5 Å². The van der Waals surface area contributed by atoms with Gasteiger partial charge >= 0.3 is 11.9 Å². The van der Waals surface area contributed by atoms with Gasteiger partial charge < -0.3 is 9.47 Å². The first-order valence-electron chi connectivity index (χ1n) is 13.0. The van der Waals surface area contributed by atoms with Crippen molar-refractivity contribution < 1.29 is 19.1 Å². The van der Waals surface area contributed by atoms with Crippen LogP contribution in [0.1, 0.15) is 76.1 Å². The van der Waals surface area contributed by atoms with E-state index in [0.29, 0.717) is 44.3 Å². The summed E-state index contributed by atoms with van der Waals surface area (Å²) in [6.07, 6.45) is 3.09. The van der Waals surface area contributed by atoms with Crippen LogP contribution in [0.3, 0.4) is 0 Å². The van der Waals surface area contributed by atoms with Crippen LogP contribution >= 0.6 is 56.5 Å². The first kappa shape index (κ1) is 30.6. The van der Waals surface area contributed by atoms with Crippen LogP contribution in [-0.2, 0) is 14.3 Å². The Morgan fingerprint density at radius 2 is 1.85 bits per heavy atom. The summed E-state index contributed by atoms with van der Waals surface area (Å²) in [6.45, 7) is 9.61. The third-order valence-electron chi connectivity index (χ3n) is 6.38. The Kier molecular flexibility index (Phi) is 10.0. The molecule has 1 aliphatic heterocycles. The molecule has 7 nitrogen and oxygen atoms in total. The minimum atomic E-state index is -0.677. The lowest BCUT2D eigenvalue weighted by Gasteiger charge is -2.26. The summed E-state index contributed by atoms with van der Waals surface area (Å²) in [5, 5.41) is 0. The molecule has 0 fully saturated rings. The fraction of sp³-hybridized carbons (Fsp3) is 0.333. The molecule has 0 radical (unpaired) electrons. The van der Waals surface area contributed by atoms with E-state index in [1.165, 1.54) is 18.3 Å². The lowest BCUT2D eigenvalue weighted by molar-refractivity contribution is -0.139. The molecule has 0 amide bonds. The van der Waals surface area contributed by atoms with E-state index in [-0.39, 0.29) is 12.2 Å². The van der Waals surface area contributed by atoms with E-state index in [9.17, 15) is 14.4 Å². The van der Waals surface area contributed by atoms with Gasteiger partial charge in [-0.2, -0.15) is 0 Å². The van der Waals surface area contributed by atoms with Crippen molar-refractivity contribution in [1.82, 2.24) is 4.57 Å². The number of thiazole rings is 1. The van der Waals surface area contributed by atoms with Gasteiger partial charge in [-0.3, -0.25) is 14.2 Å². The van der Waals surface area contributed by atoms with Gasteiger partial charge in [-0.05, 0) is 93.8 Å². The number of halogens is 2. The smallest absolute Gasteiger partial charge is 0.338 e. The van der Waals surface area contributed by atoms with Crippen LogP contribution in [0, 0.1) is 7.14 Å². The summed E-state index contributed by atoms with van der Waals surface area (Å²) in [6, 6.07) is 11.1. The van der Waals surface area contributed by atoms with Crippen LogP contribution in [-0.4, -0.2) is 23.1 Å². The Morgan fingerprint density at radius 3 is 2.45 bits per heavy atom. The second-order valence-corrected chi connectivity index (χ2v) is 13.1. The lowest BCUT2D eigenvalue weighted by atomic mass is 9.92. The van der Waals surface area contributed by atoms with E-state index < -0.39 is 18.0 Å². The van der Waals surface area contributed by atoms with Gasteiger partial charge in [0.1, 0.15) is 0 Å². The Balaban J connectivity index is 2.01. The average Bonchev–Trinajstić information content (AvgIpc) is 3.20. The van der Waals surface area contributed by atoms with Crippen LogP contribution < -0.4 is 19.6 Å². The molecular formula is C30H30I2N2O5S. The number of benzene rings is 2. The zero-order chi connectivity index (χ0) is 29.1. The van der Waals surface area contributed by atoms with E-state index in [0.717, 1.165) is 24.7 Å². The van der Waals surface area contributed by atoms with Crippen LogP contribution in [0.25, 0.3) is 6.08 Å². The van der Waals surface area contributed by atoms with Crippen molar-refractivity contribution in [2.75, 3.05) is 6.61 Å². The van der Waals surface area contributed by atoms with Crippen LogP contribution in [0.2, 0.25) is 0 Å². The number of rotatable bonds is 8. The number of ether oxygens (including phenoxy) is 2. The lowest BCUT2D eigenvalue weighted by Crippen LogP contribution is -2.40. The van der Waals surface area contributed by atoms with Crippen molar-refractivity contribution in [3.8, 4) is 5.75 Å². The predicted octanol–water partition coefficient (Wildman–Crippen LogP) is 5.84. The Morgan fingerprint density at radius 1 is 1.15 bits per heavy atom. The van der Waals surface area contributed by atoms with Crippen molar-refractivity contribution in [3.05, 3.63) is 91.2 Å². The van der Waals surface area contributed by atoms with Crippen molar-refractivity contribution in [2.24, 2.45) is 4.99 Å². The van der Waals surface area contributed by atoms with Gasteiger partial charge in [-0.25, -0.2) is 9.79 Å². The molecule has 3 aromatic rings. The maximum absolute atomic E-state index is 14.1. The number of aromatic nitrogens is 1. The van der Waals surface area contributed by atoms with Gasteiger partial charge in [0, 0.05) is 16.1 Å². The summed E-state index contributed by atoms with van der Waals surface area (Å²) in [4.78, 5) is 44.6. The number of hydrogen-bond donors (Lipinski definition) is 0. The summed E-state index contributed by atoms with van der Waals surface area (Å²) in [5.41, 5.74) is 3.35. The van der Waals surface area contributed by atoms with Gasteiger partial charge in [-0.15, -0.1) is 0 Å². The number of fused-ring (bicyclic) bond motifs is 1. The van der Waals surface area contributed by atoms with Crippen molar-refractivity contribution in [1.29, 1.82) is 0 Å². The van der Waals surface area contributed by atoms with Crippen molar-refractivity contribution in [3.63, 3.8) is 0 Å². The van der Waals surface area contributed by atoms with Gasteiger partial charge in [0.15, 0.2) is 10.6 Å². The molecule has 1 atom stereocenters. The first-order chi connectivity index (χ1) is 19.0. The second kappa shape index (κ2) is 13.1. The molecule has 1 aromatic heterocycles. The van der Waals surface area contributed by atoms with E-state index in [4.69, 9.17) is 14.5 Å². The third kappa shape index (κ3) is 6.43. The number of hydrogen-bond acceptors (Lipinski definition) is 7. The summed E-state index contributed by atoms with van der Waals surface area (Å²) < 4.78 is 14.7. The SMILES string of the molecule is CCCC1=C(C(=O)OCC)[C@H](c2ccc(C(C)C)cc2)n2c(s/c(=C\c3cc(I)cc(I)c3OC(C)=O)c2=O)=N1. The molecule has 0 saturated heterocycles. The molecule has 4 rings (SSSR count). The topological polar surface area (TPSA) is 87.0 Å². The standard InChI is InChI=1S/C30H30I2N2O5S/c1-6-8-23-25(29(37)38-7-2)26(19-11-9-18(10-12-19)16(3)4)34-28(36)24(40-30(34)33-23)14-20-13-21(31)15-22(32)27(20)39-17(5)35/h9-16,26H,6-8H2,1-5H3/b24-14-/t26-/m0/s1. The summed E-state index contributed by atoms with van der Waals surface area (Å²) in [7, 11) is 0. The minimum Gasteiger partial charge on any atom is -0.463 e. The molecule has 0 bridgehead atoms. The van der Waals surface area contributed by atoms with Crippen LogP contribution in [0.15, 0.2) is 57.5 Å². The van der Waals surface area contributed by atoms with E-state index in [1.54, 1.807) is 17.6 Å². The molecule has 0 N–H and O–H groups in total. The number of esters is 2. The highest BCUT2D eigenvalue weighted by Crippen LogP contribution is 2.34. The van der Waals surface area contributed by atoms with Gasteiger partial charge in [0.2, 0.25) is 0 Å². The highest BCUT2D eigenvalue weighted by Gasteiger charge is 2.34. The molecule has 0 unspecified atom stereocenters. The molecule has 1 aliphatic rings. The van der Waals surface area contributed by atoms with Crippen LogP contribution in [0.4, 0.5) is 0 Å². The zero-order valence-electron chi connectivity index (χ0n) is 22.9. The predicted molar refractivity (Wildman–Crippen MR) is 173 cm³/mol. The number of carbonyl (C=O) groups excluding carboxylic acids is 2. The highest BCUT2D eigenvalue weighted by molar-refractivity contribution is 14.1. The Bertz CT molecular complexity index is 1670. The van der Waals surface area contributed by atoms with Gasteiger partial charge in [0.25, 0.3) is 5.56 Å². The molecule has 40 heavy (non-hydrogen) atoms.